The van der Waals surface area contributed by atoms with E-state index in [4.69, 9.17) is 5.73 Å². The molecule has 0 saturated heterocycles. The molecule has 0 heterocycles. The van der Waals surface area contributed by atoms with Crippen molar-refractivity contribution in [1.82, 2.24) is 0 Å². The number of nitrogens with two attached hydrogens (primary N) is 1. The number of aromatic hydroxyl groups is 1. The lowest BCUT2D eigenvalue weighted by Gasteiger charge is -2.09. The van der Waals surface area contributed by atoms with E-state index in [1.54, 1.807) is 0 Å². The molecule has 0 bridgehead atoms. The Kier molecular flexibility index (Phi) is 2.69. The van der Waals surface area contributed by atoms with E-state index in [0.29, 0.717) is 0 Å². The number of rotatable bonds is 2. The molecule has 0 aliphatic heterocycles. The molecule has 1 aromatic carbocycles. The van der Waals surface area contributed by atoms with Crippen LogP contribution in [0.3, 0.4) is 0 Å². The molecule has 0 fully saturated rings. The summed E-state index contributed by atoms with van der Waals surface area (Å²) in [6.45, 7) is 1.14. The van der Waals surface area contributed by atoms with Gasteiger partial charge in [0.15, 0.2) is 5.78 Å². The zero-order chi connectivity index (χ0) is 10.9. The second-order valence-electron chi connectivity index (χ2n) is 2.86. The van der Waals surface area contributed by atoms with Gasteiger partial charge in [0.25, 0.3) is 6.43 Å². The summed E-state index contributed by atoms with van der Waals surface area (Å²) in [5.74, 6) is -1.20. The number of nitrogen functional groups attached to an aromatic ring is 1. The molecule has 3 N–H and O–H groups in total. The lowest BCUT2D eigenvalue weighted by molar-refractivity contribution is 0.0996. The predicted molar refractivity (Wildman–Crippen MR) is 47.5 cm³/mol. The standard InChI is InChI=1S/C9H9F2NO2/c1-4(13)6-2-5(12)3-7(14)8(6)9(10)11/h2-3,9,14H,12H2,1H3. The summed E-state index contributed by atoms with van der Waals surface area (Å²) >= 11 is 0. The zero-order valence-corrected chi connectivity index (χ0v) is 7.42. The van der Waals surface area contributed by atoms with Crippen molar-refractivity contribution in [3.05, 3.63) is 23.3 Å². The molecule has 5 heteroatoms. The van der Waals surface area contributed by atoms with Gasteiger partial charge in [-0.05, 0) is 13.0 Å². The number of halogens is 2. The SMILES string of the molecule is CC(=O)c1cc(N)cc(O)c1C(F)F. The number of phenolic OH excluding ortho intramolecular Hbond substituents is 1. The first-order valence-electron chi connectivity index (χ1n) is 3.85. The van der Waals surface area contributed by atoms with Gasteiger partial charge in [0.05, 0.1) is 5.56 Å². The van der Waals surface area contributed by atoms with Crippen LogP contribution in [0.15, 0.2) is 12.1 Å². The van der Waals surface area contributed by atoms with Crippen LogP contribution in [0.1, 0.15) is 29.3 Å². The van der Waals surface area contributed by atoms with Crippen LogP contribution in [0.5, 0.6) is 5.75 Å². The molecule has 0 saturated carbocycles. The second kappa shape index (κ2) is 3.61. The summed E-state index contributed by atoms with van der Waals surface area (Å²) in [6.07, 6.45) is -2.89. The Labute approximate surface area is 79.2 Å². The minimum Gasteiger partial charge on any atom is -0.507 e. The van der Waals surface area contributed by atoms with Crippen molar-refractivity contribution in [3.63, 3.8) is 0 Å². The number of phenols is 1. The van der Waals surface area contributed by atoms with Crippen LogP contribution in [0.2, 0.25) is 0 Å². The van der Waals surface area contributed by atoms with Crippen molar-refractivity contribution in [2.24, 2.45) is 0 Å². The topological polar surface area (TPSA) is 63.3 Å². The second-order valence-corrected chi connectivity index (χ2v) is 2.86. The highest BCUT2D eigenvalue weighted by Gasteiger charge is 2.20. The zero-order valence-electron chi connectivity index (χ0n) is 7.42. The number of anilines is 1. The van der Waals surface area contributed by atoms with Gasteiger partial charge in [0.2, 0.25) is 0 Å². The molecule has 1 aromatic rings. The predicted octanol–water partition coefficient (Wildman–Crippen LogP) is 2.11. The van der Waals surface area contributed by atoms with Crippen molar-refractivity contribution in [2.75, 3.05) is 5.73 Å². The fourth-order valence-corrected chi connectivity index (χ4v) is 1.18. The Morgan fingerprint density at radius 3 is 2.50 bits per heavy atom. The molecule has 0 aromatic heterocycles. The van der Waals surface area contributed by atoms with E-state index >= 15 is 0 Å². The van der Waals surface area contributed by atoms with Gasteiger partial charge in [-0.3, -0.25) is 4.79 Å². The molecule has 0 spiro atoms. The number of Topliss-reactive ketones (excluding diaryl/α,β-unsaturated/α-hetero) is 1. The highest BCUT2D eigenvalue weighted by Crippen LogP contribution is 2.33. The number of hydrogen-bond acceptors (Lipinski definition) is 3. The van der Waals surface area contributed by atoms with Crippen LogP contribution in [0.4, 0.5) is 14.5 Å². The third-order valence-corrected chi connectivity index (χ3v) is 1.78. The quantitative estimate of drug-likeness (QED) is 0.569. The summed E-state index contributed by atoms with van der Waals surface area (Å²) in [5.41, 5.74) is 4.49. The lowest BCUT2D eigenvalue weighted by atomic mass is 10.0. The molecule has 0 atom stereocenters. The fourth-order valence-electron chi connectivity index (χ4n) is 1.18. The van der Waals surface area contributed by atoms with E-state index in [0.717, 1.165) is 19.1 Å². The Balaban J connectivity index is 3.44. The summed E-state index contributed by atoms with van der Waals surface area (Å²) in [7, 11) is 0. The molecular formula is C9H9F2NO2. The Bertz CT molecular complexity index is 377. The molecule has 0 amide bonds. The number of carbonyl (C=O) groups is 1. The van der Waals surface area contributed by atoms with Gasteiger partial charge in [-0.2, -0.15) is 0 Å². The fraction of sp³-hybridized carbons (Fsp3) is 0.222. The molecule has 0 aliphatic carbocycles. The Hall–Kier alpha value is -1.65. The smallest absolute Gasteiger partial charge is 0.268 e. The molecule has 0 aliphatic rings. The van der Waals surface area contributed by atoms with Crippen LogP contribution in [-0.2, 0) is 0 Å². The Morgan fingerprint density at radius 1 is 1.50 bits per heavy atom. The van der Waals surface area contributed by atoms with Crippen LogP contribution >= 0.6 is 0 Å². The van der Waals surface area contributed by atoms with Crippen LogP contribution in [0, 0.1) is 0 Å². The van der Waals surface area contributed by atoms with Gasteiger partial charge < -0.3 is 10.8 Å². The molecule has 0 unspecified atom stereocenters. The number of benzene rings is 1. The maximum Gasteiger partial charge on any atom is 0.268 e. The van der Waals surface area contributed by atoms with Crippen LogP contribution in [-0.4, -0.2) is 10.9 Å². The third kappa shape index (κ3) is 1.81. The van der Waals surface area contributed by atoms with E-state index in [2.05, 4.69) is 0 Å². The molecular weight excluding hydrogens is 192 g/mol. The molecule has 3 nitrogen and oxygen atoms in total. The van der Waals surface area contributed by atoms with Gasteiger partial charge in [-0.25, -0.2) is 8.78 Å². The van der Waals surface area contributed by atoms with Gasteiger partial charge in [-0.15, -0.1) is 0 Å². The van der Waals surface area contributed by atoms with E-state index in [1.807, 2.05) is 0 Å². The first-order chi connectivity index (χ1) is 6.43. The largest absolute Gasteiger partial charge is 0.507 e. The van der Waals surface area contributed by atoms with E-state index < -0.39 is 23.5 Å². The van der Waals surface area contributed by atoms with Crippen molar-refractivity contribution in [1.29, 1.82) is 0 Å². The van der Waals surface area contributed by atoms with Crippen LogP contribution < -0.4 is 5.73 Å². The summed E-state index contributed by atoms with van der Waals surface area (Å²) in [4.78, 5) is 11.0. The first kappa shape index (κ1) is 10.4. The van der Waals surface area contributed by atoms with Gasteiger partial charge in [-0.1, -0.05) is 0 Å². The maximum atomic E-state index is 12.4. The number of ketones is 1. The minimum absolute atomic E-state index is 0.0806. The van der Waals surface area contributed by atoms with Crippen molar-refractivity contribution < 1.29 is 18.7 Å². The molecule has 76 valence electrons. The van der Waals surface area contributed by atoms with E-state index in [-0.39, 0.29) is 11.3 Å². The van der Waals surface area contributed by atoms with Crippen LogP contribution in [0.25, 0.3) is 0 Å². The highest BCUT2D eigenvalue weighted by molar-refractivity contribution is 5.97. The summed E-state index contributed by atoms with van der Waals surface area (Å²) in [5, 5.41) is 9.18. The number of carbonyl (C=O) groups excluding carboxylic acids is 1. The third-order valence-electron chi connectivity index (χ3n) is 1.78. The molecule has 14 heavy (non-hydrogen) atoms. The highest BCUT2D eigenvalue weighted by atomic mass is 19.3. The molecule has 0 radical (unpaired) electrons. The summed E-state index contributed by atoms with van der Waals surface area (Å²) < 4.78 is 24.9. The van der Waals surface area contributed by atoms with Crippen molar-refractivity contribution in [2.45, 2.75) is 13.3 Å². The minimum atomic E-state index is -2.89. The number of alkyl halides is 2. The first-order valence-corrected chi connectivity index (χ1v) is 3.85. The summed E-state index contributed by atoms with van der Waals surface area (Å²) in [6, 6.07) is 2.12. The van der Waals surface area contributed by atoms with E-state index in [9.17, 15) is 18.7 Å². The van der Waals surface area contributed by atoms with Crippen molar-refractivity contribution in [3.8, 4) is 5.75 Å². The van der Waals surface area contributed by atoms with Gasteiger partial charge in [0.1, 0.15) is 5.75 Å². The lowest BCUT2D eigenvalue weighted by Crippen LogP contribution is -2.02. The van der Waals surface area contributed by atoms with E-state index in [1.165, 1.54) is 0 Å². The molecule has 1 rings (SSSR count). The average Bonchev–Trinajstić information content (AvgIpc) is 2.01. The van der Waals surface area contributed by atoms with Gasteiger partial charge >= 0.3 is 0 Å². The normalized spacial score (nSPS) is 10.6. The maximum absolute atomic E-state index is 12.4. The van der Waals surface area contributed by atoms with Gasteiger partial charge in [0, 0.05) is 17.3 Å². The average molecular weight is 201 g/mol. The number of hydrogen-bond donors (Lipinski definition) is 2. The Morgan fingerprint density at radius 2 is 2.07 bits per heavy atom. The van der Waals surface area contributed by atoms with Crippen molar-refractivity contribution >= 4 is 11.5 Å². The monoisotopic (exact) mass is 201 g/mol.